The van der Waals surface area contributed by atoms with Crippen molar-refractivity contribution in [1.82, 2.24) is 19.9 Å². The van der Waals surface area contributed by atoms with Gasteiger partial charge in [-0.2, -0.15) is 0 Å². The quantitative estimate of drug-likeness (QED) is 0.769. The van der Waals surface area contributed by atoms with Gasteiger partial charge >= 0.3 is 0 Å². The Morgan fingerprint density at radius 1 is 1.30 bits per heavy atom. The van der Waals surface area contributed by atoms with Gasteiger partial charge in [-0.15, -0.1) is 0 Å². The van der Waals surface area contributed by atoms with E-state index in [2.05, 4.69) is 41.2 Å². The Labute approximate surface area is 122 Å². The topological polar surface area (TPSA) is 66.5 Å². The Bertz CT molecular complexity index is 757. The molecule has 0 saturated carbocycles. The molecule has 0 aliphatic rings. The number of fused-ring (bicyclic) bond motifs is 1. The lowest BCUT2D eigenvalue weighted by atomic mass is 10.1. The average molecular weight is 336 g/mol. The van der Waals surface area contributed by atoms with Crippen molar-refractivity contribution in [3.05, 3.63) is 46.7 Å². The highest BCUT2D eigenvalue weighted by molar-refractivity contribution is 9.10. The van der Waals surface area contributed by atoms with Crippen LogP contribution in [0.15, 0.2) is 35.3 Å². The second-order valence-corrected chi connectivity index (χ2v) is 5.22. The Hall–Kier alpha value is -2.02. The molecule has 0 saturated heterocycles. The maximum absolute atomic E-state index is 13.3. The van der Waals surface area contributed by atoms with E-state index in [1.54, 1.807) is 18.5 Å². The molecule has 0 aliphatic heterocycles. The van der Waals surface area contributed by atoms with Gasteiger partial charge in [-0.1, -0.05) is 6.07 Å². The average Bonchev–Trinajstić information content (AvgIpc) is 2.91. The van der Waals surface area contributed by atoms with Crippen LogP contribution in [0.5, 0.6) is 0 Å². The lowest BCUT2D eigenvalue weighted by molar-refractivity contribution is 0.619. The Morgan fingerprint density at radius 3 is 2.95 bits per heavy atom. The molecule has 0 fully saturated rings. The number of aromatic amines is 1. The van der Waals surface area contributed by atoms with Crippen molar-refractivity contribution in [3.63, 3.8) is 0 Å². The summed E-state index contributed by atoms with van der Waals surface area (Å²) in [6, 6.07) is 4.89. The smallest absolute Gasteiger partial charge is 0.182 e. The van der Waals surface area contributed by atoms with E-state index in [4.69, 9.17) is 0 Å². The first-order valence-electron chi connectivity index (χ1n) is 6.00. The molecule has 20 heavy (non-hydrogen) atoms. The van der Waals surface area contributed by atoms with Gasteiger partial charge in [0.25, 0.3) is 0 Å². The third-order valence-corrected chi connectivity index (χ3v) is 3.63. The van der Waals surface area contributed by atoms with Crippen LogP contribution in [0, 0.1) is 5.82 Å². The van der Waals surface area contributed by atoms with Crippen LogP contribution in [0.1, 0.15) is 18.5 Å². The van der Waals surface area contributed by atoms with Crippen molar-refractivity contribution in [2.75, 3.05) is 5.32 Å². The van der Waals surface area contributed by atoms with Crippen molar-refractivity contribution in [3.8, 4) is 0 Å². The molecular weight excluding hydrogens is 325 g/mol. The molecule has 2 N–H and O–H groups in total. The third-order valence-electron chi connectivity index (χ3n) is 3.02. The van der Waals surface area contributed by atoms with Crippen molar-refractivity contribution < 1.29 is 4.39 Å². The predicted octanol–water partition coefficient (Wildman–Crippen LogP) is 3.43. The fourth-order valence-electron chi connectivity index (χ4n) is 1.94. The maximum Gasteiger partial charge on any atom is 0.182 e. The SMILES string of the molecule is C[C@@H](Nc1ncnc2nc[nH]c12)c1ccc(F)c(Br)c1. The second kappa shape index (κ2) is 5.16. The fraction of sp³-hybridized carbons (Fsp3) is 0.154. The predicted molar refractivity (Wildman–Crippen MR) is 77.8 cm³/mol. The highest BCUT2D eigenvalue weighted by Gasteiger charge is 2.11. The van der Waals surface area contributed by atoms with Gasteiger partial charge in [0.2, 0.25) is 0 Å². The minimum Gasteiger partial charge on any atom is -0.362 e. The molecule has 7 heteroatoms. The lowest BCUT2D eigenvalue weighted by Gasteiger charge is -2.15. The van der Waals surface area contributed by atoms with E-state index >= 15 is 0 Å². The zero-order valence-electron chi connectivity index (χ0n) is 10.6. The summed E-state index contributed by atoms with van der Waals surface area (Å²) in [5.74, 6) is 0.388. The van der Waals surface area contributed by atoms with Crippen LogP contribution in [-0.2, 0) is 0 Å². The summed E-state index contributed by atoms with van der Waals surface area (Å²) in [5.41, 5.74) is 2.31. The van der Waals surface area contributed by atoms with Gasteiger partial charge in [-0.25, -0.2) is 19.3 Å². The molecule has 0 amide bonds. The molecule has 1 aromatic carbocycles. The van der Waals surface area contributed by atoms with E-state index in [0.29, 0.717) is 15.9 Å². The lowest BCUT2D eigenvalue weighted by Crippen LogP contribution is -2.09. The van der Waals surface area contributed by atoms with E-state index in [-0.39, 0.29) is 11.9 Å². The number of nitrogens with zero attached hydrogens (tertiary/aromatic N) is 3. The Morgan fingerprint density at radius 2 is 2.15 bits per heavy atom. The molecule has 5 nitrogen and oxygen atoms in total. The summed E-state index contributed by atoms with van der Waals surface area (Å²) in [6.07, 6.45) is 3.03. The number of benzene rings is 1. The summed E-state index contributed by atoms with van der Waals surface area (Å²) in [4.78, 5) is 15.3. The molecule has 0 spiro atoms. The molecule has 0 unspecified atom stereocenters. The summed E-state index contributed by atoms with van der Waals surface area (Å²) in [6.45, 7) is 1.98. The summed E-state index contributed by atoms with van der Waals surface area (Å²) in [5, 5.41) is 3.27. The van der Waals surface area contributed by atoms with Crippen molar-refractivity contribution in [2.45, 2.75) is 13.0 Å². The third kappa shape index (κ3) is 2.36. The molecule has 3 aromatic rings. The molecule has 102 valence electrons. The Kier molecular flexibility index (Phi) is 3.35. The van der Waals surface area contributed by atoms with Gasteiger partial charge in [0.05, 0.1) is 16.8 Å². The van der Waals surface area contributed by atoms with Gasteiger partial charge in [-0.3, -0.25) is 0 Å². The number of anilines is 1. The minimum absolute atomic E-state index is 0.0340. The van der Waals surface area contributed by atoms with E-state index in [9.17, 15) is 4.39 Å². The molecule has 2 aromatic heterocycles. The van der Waals surface area contributed by atoms with Gasteiger partial charge in [0.15, 0.2) is 11.5 Å². The van der Waals surface area contributed by atoms with Crippen LogP contribution in [0.3, 0.4) is 0 Å². The minimum atomic E-state index is -0.279. The number of rotatable bonds is 3. The number of aromatic nitrogens is 4. The number of H-pyrrole nitrogens is 1. The fourth-order valence-corrected chi connectivity index (χ4v) is 2.34. The number of nitrogens with one attached hydrogen (secondary N) is 2. The van der Waals surface area contributed by atoms with Crippen LogP contribution in [-0.4, -0.2) is 19.9 Å². The monoisotopic (exact) mass is 335 g/mol. The van der Waals surface area contributed by atoms with Gasteiger partial charge in [-0.05, 0) is 40.5 Å². The van der Waals surface area contributed by atoms with E-state index in [1.807, 2.05) is 6.92 Å². The highest BCUT2D eigenvalue weighted by atomic mass is 79.9. The van der Waals surface area contributed by atoms with E-state index in [0.717, 1.165) is 11.1 Å². The summed E-state index contributed by atoms with van der Waals surface area (Å²) >= 11 is 3.19. The molecule has 0 radical (unpaired) electrons. The van der Waals surface area contributed by atoms with Crippen LogP contribution in [0.25, 0.3) is 11.2 Å². The number of imidazole rings is 1. The largest absolute Gasteiger partial charge is 0.362 e. The van der Waals surface area contributed by atoms with Crippen molar-refractivity contribution in [1.29, 1.82) is 0 Å². The van der Waals surface area contributed by atoms with Crippen LogP contribution in [0.2, 0.25) is 0 Å². The zero-order chi connectivity index (χ0) is 14.1. The first kappa shape index (κ1) is 13.0. The normalized spacial score (nSPS) is 12.6. The summed E-state index contributed by atoms with van der Waals surface area (Å²) < 4.78 is 13.7. The van der Waals surface area contributed by atoms with Gasteiger partial charge in [0, 0.05) is 0 Å². The van der Waals surface area contributed by atoms with E-state index < -0.39 is 0 Å². The molecular formula is C13H11BrFN5. The molecule has 0 bridgehead atoms. The number of hydrogen-bond acceptors (Lipinski definition) is 4. The first-order chi connectivity index (χ1) is 9.65. The second-order valence-electron chi connectivity index (χ2n) is 4.36. The Balaban J connectivity index is 1.90. The highest BCUT2D eigenvalue weighted by Crippen LogP contribution is 2.25. The standard InChI is InChI=1S/C13H11BrFN5/c1-7(8-2-3-10(15)9(14)4-8)20-13-11-12(17-5-16-11)18-6-19-13/h2-7H,1H3,(H2,16,17,18,19,20)/t7-/m1/s1. The van der Waals surface area contributed by atoms with Crippen LogP contribution in [0.4, 0.5) is 10.2 Å². The molecule has 1 atom stereocenters. The number of halogens is 2. The van der Waals surface area contributed by atoms with Crippen LogP contribution >= 0.6 is 15.9 Å². The maximum atomic E-state index is 13.3. The number of hydrogen-bond donors (Lipinski definition) is 2. The van der Waals surface area contributed by atoms with Crippen LogP contribution < -0.4 is 5.32 Å². The summed E-state index contributed by atoms with van der Waals surface area (Å²) in [7, 11) is 0. The molecule has 0 aliphatic carbocycles. The van der Waals surface area contributed by atoms with E-state index in [1.165, 1.54) is 12.4 Å². The first-order valence-corrected chi connectivity index (χ1v) is 6.80. The van der Waals surface area contributed by atoms with Gasteiger partial charge in [0.1, 0.15) is 17.7 Å². The van der Waals surface area contributed by atoms with Gasteiger partial charge < -0.3 is 10.3 Å². The zero-order valence-corrected chi connectivity index (χ0v) is 12.1. The van der Waals surface area contributed by atoms with Crippen molar-refractivity contribution >= 4 is 32.9 Å². The molecule has 3 rings (SSSR count). The van der Waals surface area contributed by atoms with Crippen molar-refractivity contribution in [2.24, 2.45) is 0 Å². The molecule has 2 heterocycles.